The quantitative estimate of drug-likeness (QED) is 0.797. The fourth-order valence-electron chi connectivity index (χ4n) is 1.39. The molecule has 0 fully saturated rings. The van der Waals surface area contributed by atoms with Crippen molar-refractivity contribution in [1.29, 1.82) is 0 Å². The molecule has 2 N–H and O–H groups in total. The fraction of sp³-hybridized carbons (Fsp3) is 0.455. The van der Waals surface area contributed by atoms with Crippen LogP contribution >= 0.6 is 11.6 Å². The van der Waals surface area contributed by atoms with Gasteiger partial charge in [-0.15, -0.1) is 0 Å². The second-order valence-electron chi connectivity index (χ2n) is 3.68. The zero-order valence-corrected chi connectivity index (χ0v) is 10.6. The summed E-state index contributed by atoms with van der Waals surface area (Å²) < 4.78 is 23.5. The van der Waals surface area contributed by atoms with Crippen molar-refractivity contribution < 1.29 is 8.42 Å². The highest BCUT2D eigenvalue weighted by Gasteiger charge is 2.13. The predicted octanol–water partition coefficient (Wildman–Crippen LogP) is 1.99. The lowest BCUT2D eigenvalue weighted by Crippen LogP contribution is -2.11. The second kappa shape index (κ2) is 6.23. The Labute approximate surface area is 102 Å². The first-order chi connectivity index (χ1) is 7.55. The molecule has 1 aromatic carbocycles. The number of hydrogen-bond donors (Lipinski definition) is 1. The molecule has 0 unspecified atom stereocenters. The van der Waals surface area contributed by atoms with Crippen molar-refractivity contribution in [3.63, 3.8) is 0 Å². The number of halogens is 1. The van der Waals surface area contributed by atoms with E-state index in [1.54, 1.807) is 24.3 Å². The van der Waals surface area contributed by atoms with Crippen molar-refractivity contribution in [3.8, 4) is 0 Å². The van der Waals surface area contributed by atoms with Gasteiger partial charge in [-0.3, -0.25) is 0 Å². The van der Waals surface area contributed by atoms with Crippen LogP contribution in [0, 0.1) is 0 Å². The molecular weight excluding hydrogens is 246 g/mol. The summed E-state index contributed by atoms with van der Waals surface area (Å²) in [7, 11) is -3.07. The van der Waals surface area contributed by atoms with Gasteiger partial charge in [0.25, 0.3) is 0 Å². The van der Waals surface area contributed by atoms with Gasteiger partial charge in [-0.1, -0.05) is 29.8 Å². The molecule has 0 aromatic heterocycles. The Kier molecular flexibility index (Phi) is 5.25. The summed E-state index contributed by atoms with van der Waals surface area (Å²) >= 11 is 5.91. The van der Waals surface area contributed by atoms with Gasteiger partial charge in [-0.2, -0.15) is 0 Å². The zero-order valence-electron chi connectivity index (χ0n) is 9.02. The minimum atomic E-state index is -3.07. The van der Waals surface area contributed by atoms with E-state index in [0.29, 0.717) is 23.6 Å². The molecule has 0 spiro atoms. The van der Waals surface area contributed by atoms with E-state index in [0.717, 1.165) is 6.42 Å². The van der Waals surface area contributed by atoms with Gasteiger partial charge >= 0.3 is 0 Å². The van der Waals surface area contributed by atoms with E-state index in [-0.39, 0.29) is 11.5 Å². The Morgan fingerprint density at radius 3 is 2.50 bits per heavy atom. The van der Waals surface area contributed by atoms with Crippen LogP contribution in [0.15, 0.2) is 24.3 Å². The van der Waals surface area contributed by atoms with Crippen LogP contribution in [0.3, 0.4) is 0 Å². The van der Waals surface area contributed by atoms with Crippen molar-refractivity contribution in [2.45, 2.75) is 18.6 Å². The topological polar surface area (TPSA) is 60.2 Å². The Balaban J connectivity index is 2.63. The number of rotatable bonds is 6. The van der Waals surface area contributed by atoms with E-state index in [2.05, 4.69) is 0 Å². The highest BCUT2D eigenvalue weighted by Crippen LogP contribution is 2.18. The van der Waals surface area contributed by atoms with Crippen molar-refractivity contribution in [2.24, 2.45) is 5.73 Å². The molecule has 16 heavy (non-hydrogen) atoms. The highest BCUT2D eigenvalue weighted by molar-refractivity contribution is 7.90. The number of benzene rings is 1. The average Bonchev–Trinajstić information content (AvgIpc) is 2.21. The number of nitrogens with two attached hydrogens (primary N) is 1. The molecule has 1 aromatic rings. The molecule has 0 saturated carbocycles. The third-order valence-electron chi connectivity index (χ3n) is 2.24. The van der Waals surface area contributed by atoms with E-state index in [1.807, 2.05) is 0 Å². The van der Waals surface area contributed by atoms with Gasteiger partial charge in [0.15, 0.2) is 9.84 Å². The standard InChI is InChI=1S/C11H16ClNO2S/c12-11-6-2-1-5-10(11)9-16(14,15)8-4-3-7-13/h1-2,5-6H,3-4,7-9,13H2. The average molecular weight is 262 g/mol. The molecule has 0 heterocycles. The molecule has 0 atom stereocenters. The Hall–Kier alpha value is -0.580. The minimum Gasteiger partial charge on any atom is -0.330 e. The Bertz CT molecular complexity index is 431. The first kappa shape index (κ1) is 13.5. The van der Waals surface area contributed by atoms with E-state index < -0.39 is 9.84 Å². The van der Waals surface area contributed by atoms with E-state index in [9.17, 15) is 8.42 Å². The third-order valence-corrected chi connectivity index (χ3v) is 4.27. The first-order valence-electron chi connectivity index (χ1n) is 5.19. The summed E-state index contributed by atoms with van der Waals surface area (Å²) in [4.78, 5) is 0. The maximum absolute atomic E-state index is 11.7. The lowest BCUT2D eigenvalue weighted by atomic mass is 10.2. The maximum Gasteiger partial charge on any atom is 0.154 e. The Morgan fingerprint density at radius 2 is 1.88 bits per heavy atom. The molecule has 0 bridgehead atoms. The smallest absolute Gasteiger partial charge is 0.154 e. The summed E-state index contributed by atoms with van der Waals surface area (Å²) in [5.74, 6) is 0.187. The van der Waals surface area contributed by atoms with Crippen LogP contribution < -0.4 is 5.73 Å². The van der Waals surface area contributed by atoms with Crippen molar-refractivity contribution in [2.75, 3.05) is 12.3 Å². The molecule has 0 aliphatic carbocycles. The highest BCUT2D eigenvalue weighted by atomic mass is 35.5. The molecule has 5 heteroatoms. The van der Waals surface area contributed by atoms with Crippen molar-refractivity contribution in [3.05, 3.63) is 34.9 Å². The van der Waals surface area contributed by atoms with E-state index >= 15 is 0 Å². The molecular formula is C11H16ClNO2S. The van der Waals surface area contributed by atoms with Crippen LogP contribution in [0.4, 0.5) is 0 Å². The molecule has 3 nitrogen and oxygen atoms in total. The maximum atomic E-state index is 11.7. The molecule has 0 aliphatic rings. The van der Waals surface area contributed by atoms with Crippen LogP contribution in [0.2, 0.25) is 5.02 Å². The number of unbranched alkanes of at least 4 members (excludes halogenated alkanes) is 1. The third kappa shape index (κ3) is 4.51. The lowest BCUT2D eigenvalue weighted by molar-refractivity contribution is 0.591. The summed E-state index contributed by atoms with van der Waals surface area (Å²) in [6.07, 6.45) is 1.35. The largest absolute Gasteiger partial charge is 0.330 e. The first-order valence-corrected chi connectivity index (χ1v) is 7.39. The molecule has 0 amide bonds. The normalized spacial score (nSPS) is 11.6. The van der Waals surface area contributed by atoms with Crippen molar-refractivity contribution >= 4 is 21.4 Å². The van der Waals surface area contributed by atoms with Crippen LogP contribution in [0.1, 0.15) is 18.4 Å². The summed E-state index contributed by atoms with van der Waals surface area (Å²) in [6.45, 7) is 0.529. The molecule has 0 aliphatic heterocycles. The lowest BCUT2D eigenvalue weighted by Gasteiger charge is -2.05. The molecule has 90 valence electrons. The summed E-state index contributed by atoms with van der Waals surface area (Å²) in [5, 5.41) is 0.505. The second-order valence-corrected chi connectivity index (χ2v) is 6.27. The fourth-order valence-corrected chi connectivity index (χ4v) is 3.19. The van der Waals surface area contributed by atoms with Gasteiger partial charge in [0.2, 0.25) is 0 Å². The van der Waals surface area contributed by atoms with Gasteiger partial charge < -0.3 is 5.73 Å². The van der Waals surface area contributed by atoms with Crippen molar-refractivity contribution in [1.82, 2.24) is 0 Å². The Morgan fingerprint density at radius 1 is 1.19 bits per heavy atom. The summed E-state index contributed by atoms with van der Waals surface area (Å²) in [5.41, 5.74) is 5.98. The zero-order chi connectivity index (χ0) is 12.0. The van der Waals surface area contributed by atoms with Gasteiger partial charge in [-0.25, -0.2) is 8.42 Å². The number of hydrogen-bond acceptors (Lipinski definition) is 3. The monoisotopic (exact) mass is 261 g/mol. The van der Waals surface area contributed by atoms with Gasteiger partial charge in [0.05, 0.1) is 11.5 Å². The van der Waals surface area contributed by atoms with Crippen LogP contribution in [0.25, 0.3) is 0 Å². The number of sulfone groups is 1. The minimum absolute atomic E-state index is 0.0112. The van der Waals surface area contributed by atoms with Gasteiger partial charge in [0, 0.05) is 5.02 Å². The van der Waals surface area contributed by atoms with Crippen LogP contribution in [0.5, 0.6) is 0 Å². The van der Waals surface area contributed by atoms with Gasteiger partial charge in [0.1, 0.15) is 0 Å². The van der Waals surface area contributed by atoms with E-state index in [1.165, 1.54) is 0 Å². The van der Waals surface area contributed by atoms with Gasteiger partial charge in [-0.05, 0) is 31.0 Å². The van der Waals surface area contributed by atoms with Crippen LogP contribution in [-0.4, -0.2) is 20.7 Å². The SMILES string of the molecule is NCCCCS(=O)(=O)Cc1ccccc1Cl. The predicted molar refractivity (Wildman–Crippen MR) is 67.2 cm³/mol. The van der Waals surface area contributed by atoms with E-state index in [4.69, 9.17) is 17.3 Å². The molecule has 1 rings (SSSR count). The molecule has 0 saturated heterocycles. The summed E-state index contributed by atoms with van der Waals surface area (Å²) in [6, 6.07) is 7.01. The molecule has 0 radical (unpaired) electrons. The van der Waals surface area contributed by atoms with Crippen LogP contribution in [-0.2, 0) is 15.6 Å².